The SMILES string of the molecule is CCCNCc1ccc(N(C)CCc2cccs2)nn1. The average molecular weight is 290 g/mol. The Morgan fingerprint density at radius 2 is 2.15 bits per heavy atom. The second kappa shape index (κ2) is 7.97. The lowest BCUT2D eigenvalue weighted by molar-refractivity contribution is 0.656. The molecule has 0 radical (unpaired) electrons. The monoisotopic (exact) mass is 290 g/mol. The van der Waals surface area contributed by atoms with E-state index in [1.54, 1.807) is 11.3 Å². The molecule has 2 heterocycles. The zero-order valence-corrected chi connectivity index (χ0v) is 13.0. The van der Waals surface area contributed by atoms with Gasteiger partial charge in [-0.3, -0.25) is 0 Å². The molecule has 0 bridgehead atoms. The molecule has 0 saturated carbocycles. The van der Waals surface area contributed by atoms with E-state index < -0.39 is 0 Å². The van der Waals surface area contributed by atoms with Crippen molar-refractivity contribution in [2.45, 2.75) is 26.3 Å². The first-order valence-electron chi connectivity index (χ1n) is 7.06. The summed E-state index contributed by atoms with van der Waals surface area (Å²) in [5.74, 6) is 0.931. The first-order chi connectivity index (χ1) is 9.79. The van der Waals surface area contributed by atoms with Gasteiger partial charge in [-0.15, -0.1) is 16.4 Å². The molecule has 2 aromatic heterocycles. The molecule has 0 aliphatic heterocycles. The number of rotatable bonds is 8. The van der Waals surface area contributed by atoms with E-state index >= 15 is 0 Å². The summed E-state index contributed by atoms with van der Waals surface area (Å²) >= 11 is 1.80. The van der Waals surface area contributed by atoms with Gasteiger partial charge >= 0.3 is 0 Å². The van der Waals surface area contributed by atoms with Crippen molar-refractivity contribution in [2.75, 3.05) is 25.0 Å². The number of thiophene rings is 1. The highest BCUT2D eigenvalue weighted by molar-refractivity contribution is 7.09. The Kier molecular flexibility index (Phi) is 5.95. The van der Waals surface area contributed by atoms with Gasteiger partial charge in [-0.2, -0.15) is 5.10 Å². The molecule has 0 aliphatic carbocycles. The topological polar surface area (TPSA) is 41.0 Å². The van der Waals surface area contributed by atoms with E-state index in [1.807, 2.05) is 12.1 Å². The standard InChI is InChI=1S/C15H22N4S/c1-3-9-16-12-13-6-7-15(18-17-13)19(2)10-8-14-5-4-11-20-14/h4-7,11,16H,3,8-10,12H2,1-2H3. The Hall–Kier alpha value is -1.46. The van der Waals surface area contributed by atoms with E-state index in [-0.39, 0.29) is 0 Å². The van der Waals surface area contributed by atoms with E-state index in [9.17, 15) is 0 Å². The molecule has 1 N–H and O–H groups in total. The van der Waals surface area contributed by atoms with Gasteiger partial charge < -0.3 is 10.2 Å². The fourth-order valence-electron chi connectivity index (χ4n) is 1.89. The molecule has 0 amide bonds. The van der Waals surface area contributed by atoms with E-state index in [1.165, 1.54) is 4.88 Å². The van der Waals surface area contributed by atoms with Crippen LogP contribution in [0.2, 0.25) is 0 Å². The maximum absolute atomic E-state index is 4.30. The van der Waals surface area contributed by atoms with Gasteiger partial charge in [0.25, 0.3) is 0 Å². The predicted molar refractivity (Wildman–Crippen MR) is 85.3 cm³/mol. The van der Waals surface area contributed by atoms with Gasteiger partial charge in [0.05, 0.1) is 5.69 Å². The first kappa shape index (κ1) is 14.9. The minimum Gasteiger partial charge on any atom is -0.358 e. The van der Waals surface area contributed by atoms with Crippen LogP contribution in [0, 0.1) is 0 Å². The van der Waals surface area contributed by atoms with Crippen LogP contribution in [0.5, 0.6) is 0 Å². The molecule has 108 valence electrons. The molecule has 2 rings (SSSR count). The lowest BCUT2D eigenvalue weighted by Crippen LogP contribution is -2.22. The first-order valence-corrected chi connectivity index (χ1v) is 7.94. The van der Waals surface area contributed by atoms with Gasteiger partial charge in [0, 0.05) is 25.0 Å². The Labute approximate surface area is 124 Å². The van der Waals surface area contributed by atoms with Crippen molar-refractivity contribution in [3.8, 4) is 0 Å². The summed E-state index contributed by atoms with van der Waals surface area (Å²) in [7, 11) is 2.06. The van der Waals surface area contributed by atoms with Crippen LogP contribution in [-0.2, 0) is 13.0 Å². The Morgan fingerprint density at radius 1 is 1.25 bits per heavy atom. The summed E-state index contributed by atoms with van der Waals surface area (Å²) in [6, 6.07) is 8.36. The van der Waals surface area contributed by atoms with Crippen LogP contribution in [0.15, 0.2) is 29.6 Å². The molecule has 0 spiro atoms. The molecule has 0 aromatic carbocycles. The van der Waals surface area contributed by atoms with Crippen molar-refractivity contribution < 1.29 is 0 Å². The molecule has 0 fully saturated rings. The van der Waals surface area contributed by atoms with Crippen molar-refractivity contribution in [1.29, 1.82) is 0 Å². The molecular formula is C15H22N4S. The fraction of sp³-hybridized carbons (Fsp3) is 0.467. The number of hydrogen-bond acceptors (Lipinski definition) is 5. The van der Waals surface area contributed by atoms with Crippen molar-refractivity contribution in [3.05, 3.63) is 40.2 Å². The number of likely N-dealkylation sites (N-methyl/N-ethyl adjacent to an activating group) is 1. The number of nitrogens with zero attached hydrogens (tertiary/aromatic N) is 3. The smallest absolute Gasteiger partial charge is 0.150 e. The highest BCUT2D eigenvalue weighted by Gasteiger charge is 2.04. The van der Waals surface area contributed by atoms with Crippen LogP contribution in [0.25, 0.3) is 0 Å². The molecule has 0 aliphatic rings. The van der Waals surface area contributed by atoms with Crippen molar-refractivity contribution in [2.24, 2.45) is 0 Å². The highest BCUT2D eigenvalue weighted by atomic mass is 32.1. The normalized spacial score (nSPS) is 10.7. The Morgan fingerprint density at radius 3 is 2.80 bits per heavy atom. The van der Waals surface area contributed by atoms with E-state index in [4.69, 9.17) is 0 Å². The predicted octanol–water partition coefficient (Wildman–Crippen LogP) is 2.72. The van der Waals surface area contributed by atoms with E-state index in [0.29, 0.717) is 0 Å². The van der Waals surface area contributed by atoms with Crippen LogP contribution in [0.4, 0.5) is 5.82 Å². The summed E-state index contributed by atoms with van der Waals surface area (Å²) in [4.78, 5) is 3.56. The maximum Gasteiger partial charge on any atom is 0.150 e. The Balaban J connectivity index is 1.82. The lowest BCUT2D eigenvalue weighted by Gasteiger charge is -2.17. The Bertz CT molecular complexity index is 481. The molecule has 0 unspecified atom stereocenters. The van der Waals surface area contributed by atoms with Crippen LogP contribution in [0.1, 0.15) is 23.9 Å². The second-order valence-electron chi connectivity index (χ2n) is 4.81. The summed E-state index contributed by atoms with van der Waals surface area (Å²) in [5.41, 5.74) is 0.994. The molecule has 20 heavy (non-hydrogen) atoms. The van der Waals surface area contributed by atoms with Gasteiger partial charge in [0.1, 0.15) is 0 Å². The third-order valence-electron chi connectivity index (χ3n) is 3.10. The fourth-order valence-corrected chi connectivity index (χ4v) is 2.59. The molecule has 4 nitrogen and oxygen atoms in total. The van der Waals surface area contributed by atoms with E-state index in [2.05, 4.69) is 51.9 Å². The van der Waals surface area contributed by atoms with Crippen molar-refractivity contribution in [3.63, 3.8) is 0 Å². The molecule has 0 atom stereocenters. The molecular weight excluding hydrogens is 268 g/mol. The third-order valence-corrected chi connectivity index (χ3v) is 4.04. The molecule has 5 heteroatoms. The summed E-state index contributed by atoms with van der Waals surface area (Å²) in [6.07, 6.45) is 2.19. The lowest BCUT2D eigenvalue weighted by atomic mass is 10.3. The summed E-state index contributed by atoms with van der Waals surface area (Å²) in [6.45, 7) is 4.93. The van der Waals surface area contributed by atoms with Crippen molar-refractivity contribution >= 4 is 17.2 Å². The van der Waals surface area contributed by atoms with Crippen LogP contribution < -0.4 is 10.2 Å². The molecule has 0 saturated heterocycles. The molecule has 2 aromatic rings. The van der Waals surface area contributed by atoms with Crippen molar-refractivity contribution in [1.82, 2.24) is 15.5 Å². The average Bonchev–Trinajstić information content (AvgIpc) is 2.99. The van der Waals surface area contributed by atoms with Gasteiger partial charge in [-0.25, -0.2) is 0 Å². The summed E-state index contributed by atoms with van der Waals surface area (Å²) in [5, 5.41) is 14.0. The second-order valence-corrected chi connectivity index (χ2v) is 5.84. The van der Waals surface area contributed by atoms with Crippen LogP contribution in [-0.4, -0.2) is 30.3 Å². The maximum atomic E-state index is 4.30. The van der Waals surface area contributed by atoms with Crippen LogP contribution in [0.3, 0.4) is 0 Å². The quantitative estimate of drug-likeness (QED) is 0.759. The minimum atomic E-state index is 0.792. The third kappa shape index (κ3) is 4.58. The zero-order chi connectivity index (χ0) is 14.2. The number of aromatic nitrogens is 2. The largest absolute Gasteiger partial charge is 0.358 e. The van der Waals surface area contributed by atoms with E-state index in [0.717, 1.165) is 44.0 Å². The zero-order valence-electron chi connectivity index (χ0n) is 12.2. The number of hydrogen-bond donors (Lipinski definition) is 1. The van der Waals surface area contributed by atoms with Gasteiger partial charge in [-0.05, 0) is 43.0 Å². The number of nitrogens with one attached hydrogen (secondary N) is 1. The highest BCUT2D eigenvalue weighted by Crippen LogP contribution is 2.12. The number of anilines is 1. The van der Waals surface area contributed by atoms with Gasteiger partial charge in [0.2, 0.25) is 0 Å². The van der Waals surface area contributed by atoms with Gasteiger partial charge in [0.15, 0.2) is 5.82 Å². The van der Waals surface area contributed by atoms with Gasteiger partial charge in [-0.1, -0.05) is 13.0 Å². The minimum absolute atomic E-state index is 0.792. The summed E-state index contributed by atoms with van der Waals surface area (Å²) < 4.78 is 0. The van der Waals surface area contributed by atoms with Crippen LogP contribution >= 0.6 is 11.3 Å².